The fourth-order valence-electron chi connectivity index (χ4n) is 2.21. The van der Waals surface area contributed by atoms with Crippen LogP contribution < -0.4 is 5.46 Å². The Morgan fingerprint density at radius 3 is 2.89 bits per heavy atom. The van der Waals surface area contributed by atoms with Gasteiger partial charge in [0.2, 0.25) is 0 Å². The Balaban J connectivity index is 2.21. The number of fused-ring (bicyclic) bond motifs is 3. The summed E-state index contributed by atoms with van der Waals surface area (Å²) in [5.74, 6) is 0.837. The van der Waals surface area contributed by atoms with E-state index >= 15 is 0 Å². The van der Waals surface area contributed by atoms with E-state index in [0.717, 1.165) is 17.2 Å². The molecule has 2 aliphatic heterocycles. The van der Waals surface area contributed by atoms with Crippen molar-refractivity contribution in [1.82, 2.24) is 9.58 Å². The molecule has 6 heteroatoms. The number of nitrogens with zero attached hydrogens (tertiary/aromatic N) is 4. The number of aliphatic imine (C=N–C) groups is 1. The zero-order valence-corrected chi connectivity index (χ0v) is 10.8. The van der Waals surface area contributed by atoms with Gasteiger partial charge in [0.1, 0.15) is 33.3 Å². The van der Waals surface area contributed by atoms with Crippen molar-refractivity contribution in [3.8, 4) is 0 Å². The number of ether oxygens (including phenoxy) is 1. The highest BCUT2D eigenvalue weighted by atomic mass is 16.5. The van der Waals surface area contributed by atoms with Crippen LogP contribution in [-0.4, -0.2) is 43.1 Å². The number of amidine groups is 1. The van der Waals surface area contributed by atoms with Gasteiger partial charge in [-0.2, -0.15) is 5.10 Å². The minimum atomic E-state index is -0.0163. The molecule has 5 nitrogen and oxygen atoms in total. The number of hydrogen-bond acceptors (Lipinski definition) is 4. The van der Waals surface area contributed by atoms with Crippen LogP contribution in [-0.2, 0) is 10.2 Å². The Kier molecular flexibility index (Phi) is 2.38. The fraction of sp³-hybridized carbons (Fsp3) is 0.500. The quantitative estimate of drug-likeness (QED) is 0.617. The van der Waals surface area contributed by atoms with Crippen molar-refractivity contribution >= 4 is 25.5 Å². The second-order valence-corrected chi connectivity index (χ2v) is 5.54. The molecule has 0 amide bonds. The predicted molar refractivity (Wildman–Crippen MR) is 71.6 cm³/mol. The highest BCUT2D eigenvalue weighted by Gasteiger charge is 2.30. The fourth-order valence-corrected chi connectivity index (χ4v) is 2.21. The minimum absolute atomic E-state index is 0.0163. The third-order valence-corrected chi connectivity index (χ3v) is 3.10. The van der Waals surface area contributed by atoms with Gasteiger partial charge in [0.15, 0.2) is 5.84 Å². The van der Waals surface area contributed by atoms with Gasteiger partial charge in [-0.25, -0.2) is 9.67 Å². The second-order valence-electron chi connectivity index (χ2n) is 5.54. The molecule has 0 saturated carbocycles. The van der Waals surface area contributed by atoms with E-state index in [1.54, 1.807) is 6.34 Å². The van der Waals surface area contributed by atoms with E-state index in [1.165, 1.54) is 0 Å². The zero-order valence-electron chi connectivity index (χ0n) is 10.8. The second kappa shape index (κ2) is 3.72. The summed E-state index contributed by atoms with van der Waals surface area (Å²) >= 11 is 0. The molecule has 0 saturated heterocycles. The normalized spacial score (nSPS) is 18.4. The van der Waals surface area contributed by atoms with Gasteiger partial charge < -0.3 is 4.74 Å². The Bertz CT molecular complexity index is 553. The molecular weight excluding hydrogens is 227 g/mol. The molecular formula is C12H15BN4O. The van der Waals surface area contributed by atoms with Gasteiger partial charge in [0, 0.05) is 11.1 Å². The summed E-state index contributed by atoms with van der Waals surface area (Å²) in [5.41, 5.74) is 2.64. The van der Waals surface area contributed by atoms with E-state index in [0.29, 0.717) is 18.9 Å². The summed E-state index contributed by atoms with van der Waals surface area (Å²) in [6.07, 6.45) is 1.74. The Labute approximate surface area is 108 Å². The van der Waals surface area contributed by atoms with Gasteiger partial charge in [-0.3, -0.25) is 4.90 Å². The zero-order chi connectivity index (χ0) is 12.9. The van der Waals surface area contributed by atoms with E-state index in [-0.39, 0.29) is 5.41 Å². The first-order valence-electron chi connectivity index (χ1n) is 5.94. The van der Waals surface area contributed by atoms with Gasteiger partial charge >= 0.3 is 0 Å². The molecule has 18 heavy (non-hydrogen) atoms. The van der Waals surface area contributed by atoms with Crippen molar-refractivity contribution in [2.24, 2.45) is 10.1 Å². The molecule has 0 aromatic carbocycles. The molecule has 2 radical (unpaired) electrons. The standard InChI is InChI=1S/C12H15BN4O/c1-12(2,3)9-4-8(13)10-11-14-6-18-7-16(11)5-15-17(9)10/h4-5H,6-7H2,1-3H3. The maximum absolute atomic E-state index is 6.12. The third-order valence-electron chi connectivity index (χ3n) is 3.10. The molecule has 0 spiro atoms. The van der Waals surface area contributed by atoms with Crippen LogP contribution in [0, 0.1) is 0 Å². The maximum atomic E-state index is 6.12. The van der Waals surface area contributed by atoms with E-state index in [4.69, 9.17) is 12.6 Å². The lowest BCUT2D eigenvalue weighted by Gasteiger charge is -2.30. The van der Waals surface area contributed by atoms with Crippen LogP contribution >= 0.6 is 0 Å². The lowest BCUT2D eigenvalue weighted by atomic mass is 9.89. The van der Waals surface area contributed by atoms with Crippen molar-refractivity contribution in [2.75, 3.05) is 13.5 Å². The van der Waals surface area contributed by atoms with Crippen LogP contribution in [0.2, 0.25) is 0 Å². The highest BCUT2D eigenvalue weighted by molar-refractivity contribution is 6.37. The first kappa shape index (κ1) is 11.5. The van der Waals surface area contributed by atoms with E-state index in [2.05, 4.69) is 30.9 Å². The third kappa shape index (κ3) is 1.60. The Morgan fingerprint density at radius 1 is 1.39 bits per heavy atom. The van der Waals surface area contributed by atoms with Crippen molar-refractivity contribution in [3.63, 3.8) is 0 Å². The number of aromatic nitrogens is 1. The topological polar surface area (TPSA) is 42.1 Å². The van der Waals surface area contributed by atoms with Gasteiger partial charge in [0.05, 0.1) is 0 Å². The van der Waals surface area contributed by atoms with E-state index in [9.17, 15) is 0 Å². The monoisotopic (exact) mass is 242 g/mol. The van der Waals surface area contributed by atoms with Crippen LogP contribution in [0.4, 0.5) is 0 Å². The van der Waals surface area contributed by atoms with E-state index < -0.39 is 0 Å². The van der Waals surface area contributed by atoms with Crippen LogP contribution in [0.5, 0.6) is 0 Å². The lowest BCUT2D eigenvalue weighted by Crippen LogP contribution is -2.42. The van der Waals surface area contributed by atoms with Crippen molar-refractivity contribution in [2.45, 2.75) is 26.2 Å². The van der Waals surface area contributed by atoms with Gasteiger partial charge in [0.25, 0.3) is 0 Å². The largest absolute Gasteiger partial charge is 0.338 e. The van der Waals surface area contributed by atoms with Crippen molar-refractivity contribution in [3.05, 3.63) is 17.5 Å². The molecule has 1 aromatic heterocycles. The highest BCUT2D eigenvalue weighted by Crippen LogP contribution is 2.26. The summed E-state index contributed by atoms with van der Waals surface area (Å²) < 4.78 is 7.15. The maximum Gasteiger partial charge on any atom is 0.158 e. The first-order valence-corrected chi connectivity index (χ1v) is 5.94. The summed E-state index contributed by atoms with van der Waals surface area (Å²) in [4.78, 5) is 6.24. The van der Waals surface area contributed by atoms with Crippen molar-refractivity contribution in [1.29, 1.82) is 0 Å². The van der Waals surface area contributed by atoms with Crippen LogP contribution in [0.3, 0.4) is 0 Å². The molecule has 0 aliphatic carbocycles. The van der Waals surface area contributed by atoms with Gasteiger partial charge in [-0.1, -0.05) is 26.2 Å². The molecule has 92 valence electrons. The smallest absolute Gasteiger partial charge is 0.158 e. The van der Waals surface area contributed by atoms with Crippen LogP contribution in [0.15, 0.2) is 16.2 Å². The molecule has 0 atom stereocenters. The number of rotatable bonds is 0. The number of hydrogen-bond donors (Lipinski definition) is 0. The van der Waals surface area contributed by atoms with Crippen molar-refractivity contribution < 1.29 is 4.74 Å². The minimum Gasteiger partial charge on any atom is -0.338 e. The Hall–Kier alpha value is -1.56. The summed E-state index contributed by atoms with van der Waals surface area (Å²) in [5, 5.41) is 4.44. The summed E-state index contributed by atoms with van der Waals surface area (Å²) in [6, 6.07) is 1.98. The molecule has 0 fully saturated rings. The van der Waals surface area contributed by atoms with Crippen LogP contribution in [0.1, 0.15) is 32.2 Å². The molecule has 0 unspecified atom stereocenters. The SMILES string of the molecule is [B]c1cc(C(C)(C)C)n2c1C1=NCOCN1C=N2. The first-order chi connectivity index (χ1) is 8.48. The van der Waals surface area contributed by atoms with Gasteiger partial charge in [-0.15, -0.1) is 0 Å². The molecule has 0 N–H and O–H groups in total. The molecule has 1 aromatic rings. The summed E-state index contributed by atoms with van der Waals surface area (Å²) in [6.45, 7) is 7.27. The molecule has 3 heterocycles. The van der Waals surface area contributed by atoms with Gasteiger partial charge in [-0.05, 0) is 6.07 Å². The van der Waals surface area contributed by atoms with E-state index in [1.807, 2.05) is 15.6 Å². The average Bonchev–Trinajstić information content (AvgIpc) is 2.67. The lowest BCUT2D eigenvalue weighted by molar-refractivity contribution is 0.0837. The Morgan fingerprint density at radius 2 is 2.17 bits per heavy atom. The van der Waals surface area contributed by atoms with Crippen LogP contribution in [0.25, 0.3) is 0 Å². The molecule has 2 aliphatic rings. The molecule has 0 bridgehead atoms. The average molecular weight is 242 g/mol. The molecule has 3 rings (SSSR count). The predicted octanol–water partition coefficient (Wildman–Crippen LogP) is 0.378. The summed E-state index contributed by atoms with van der Waals surface area (Å²) in [7, 11) is 6.12.